The summed E-state index contributed by atoms with van der Waals surface area (Å²) < 4.78 is 0. The van der Waals surface area contributed by atoms with Crippen LogP contribution >= 0.6 is 0 Å². The van der Waals surface area contributed by atoms with Crippen molar-refractivity contribution >= 4 is 5.78 Å². The summed E-state index contributed by atoms with van der Waals surface area (Å²) in [5, 5.41) is 0. The number of nitrogens with zero attached hydrogens (tertiary/aromatic N) is 2. The number of carbonyl (C=O) groups is 1. The van der Waals surface area contributed by atoms with Crippen molar-refractivity contribution in [3.05, 3.63) is 24.3 Å². The smallest absolute Gasteiger partial charge is 0.216 e. The third-order valence-corrected chi connectivity index (χ3v) is 1.20. The summed E-state index contributed by atoms with van der Waals surface area (Å²) in [6.07, 6.45) is 3.03. The molecule has 0 spiro atoms. The highest BCUT2D eigenvalue weighted by atomic mass is 16.1. The van der Waals surface area contributed by atoms with Crippen molar-refractivity contribution in [1.29, 1.82) is 0 Å². The second-order valence-corrected chi connectivity index (χ2v) is 2.23. The zero-order valence-corrected chi connectivity index (χ0v) is 6.19. The lowest BCUT2D eigenvalue weighted by Gasteiger charge is -2.00. The van der Waals surface area contributed by atoms with Gasteiger partial charge in [-0.2, -0.15) is 0 Å². The second kappa shape index (κ2) is 3.21. The van der Waals surface area contributed by atoms with Crippen LogP contribution < -0.4 is 5.73 Å². The van der Waals surface area contributed by atoms with Gasteiger partial charge in [0.1, 0.15) is 0 Å². The summed E-state index contributed by atoms with van der Waals surface area (Å²) in [5.41, 5.74) is 5.34. The van der Waals surface area contributed by atoms with E-state index in [1.807, 2.05) is 0 Å². The van der Waals surface area contributed by atoms with Crippen LogP contribution in [0.2, 0.25) is 0 Å². The molecule has 0 bridgehead atoms. The van der Waals surface area contributed by atoms with E-state index in [0.717, 1.165) is 0 Å². The maximum Gasteiger partial charge on any atom is 0.216 e. The minimum Gasteiger partial charge on any atom is -0.321 e. The number of hydrogen-bond acceptors (Lipinski definition) is 4. The minimum absolute atomic E-state index is 0.183. The van der Waals surface area contributed by atoms with Gasteiger partial charge in [-0.15, -0.1) is 0 Å². The average molecular weight is 151 g/mol. The molecule has 1 aromatic rings. The van der Waals surface area contributed by atoms with E-state index < -0.39 is 6.04 Å². The van der Waals surface area contributed by atoms with Crippen LogP contribution in [0, 0.1) is 0 Å². The number of nitrogens with two attached hydrogens (primary N) is 1. The Labute approximate surface area is 64.5 Å². The molecule has 0 aromatic carbocycles. The molecule has 0 aliphatic rings. The molecule has 0 saturated carbocycles. The molecule has 58 valence electrons. The molecular formula is C7H9N3O. The number of hydrogen-bond donors (Lipinski definition) is 1. The van der Waals surface area contributed by atoms with Crippen molar-refractivity contribution < 1.29 is 4.79 Å². The highest BCUT2D eigenvalue weighted by Gasteiger charge is 2.12. The normalized spacial score (nSPS) is 12.5. The predicted molar refractivity (Wildman–Crippen MR) is 40.0 cm³/mol. The molecule has 1 atom stereocenters. The van der Waals surface area contributed by atoms with Crippen LogP contribution in [0.3, 0.4) is 0 Å². The maximum absolute atomic E-state index is 11.1. The van der Waals surface area contributed by atoms with Gasteiger partial charge in [-0.1, -0.05) is 0 Å². The molecular weight excluding hydrogens is 142 g/mol. The first-order chi connectivity index (χ1) is 5.22. The van der Waals surface area contributed by atoms with E-state index in [1.165, 1.54) is 12.4 Å². The van der Waals surface area contributed by atoms with E-state index in [-0.39, 0.29) is 11.6 Å². The van der Waals surface area contributed by atoms with Gasteiger partial charge in [0.25, 0.3) is 0 Å². The summed E-state index contributed by atoms with van der Waals surface area (Å²) in [4.78, 5) is 18.6. The Morgan fingerprint density at radius 1 is 1.55 bits per heavy atom. The lowest BCUT2D eigenvalue weighted by Crippen LogP contribution is -2.28. The van der Waals surface area contributed by atoms with Gasteiger partial charge in [-0.3, -0.25) is 4.79 Å². The Balaban J connectivity index is 2.86. The predicted octanol–water partition coefficient (Wildman–Crippen LogP) is 0.00650. The molecule has 1 heterocycles. The van der Waals surface area contributed by atoms with Gasteiger partial charge in [-0.05, 0) is 13.0 Å². The van der Waals surface area contributed by atoms with Crippen molar-refractivity contribution in [2.45, 2.75) is 13.0 Å². The molecule has 4 heteroatoms. The fourth-order valence-electron chi connectivity index (χ4n) is 0.630. The number of rotatable bonds is 2. The summed E-state index contributed by atoms with van der Waals surface area (Å²) in [6.45, 7) is 1.61. The largest absolute Gasteiger partial charge is 0.321 e. The van der Waals surface area contributed by atoms with Crippen LogP contribution in [-0.4, -0.2) is 21.8 Å². The second-order valence-electron chi connectivity index (χ2n) is 2.23. The molecule has 1 rings (SSSR count). The molecule has 2 N–H and O–H groups in total. The molecule has 0 amide bonds. The van der Waals surface area contributed by atoms with Crippen molar-refractivity contribution in [2.24, 2.45) is 5.73 Å². The first-order valence-electron chi connectivity index (χ1n) is 3.28. The van der Waals surface area contributed by atoms with Gasteiger partial charge < -0.3 is 5.73 Å². The van der Waals surface area contributed by atoms with E-state index >= 15 is 0 Å². The zero-order valence-electron chi connectivity index (χ0n) is 6.19. The Morgan fingerprint density at radius 3 is 2.55 bits per heavy atom. The third-order valence-electron chi connectivity index (χ3n) is 1.20. The highest BCUT2D eigenvalue weighted by molar-refractivity contribution is 5.96. The van der Waals surface area contributed by atoms with Crippen molar-refractivity contribution in [3.8, 4) is 0 Å². The topological polar surface area (TPSA) is 68.9 Å². The highest BCUT2D eigenvalue weighted by Crippen LogP contribution is 1.92. The molecule has 4 nitrogen and oxygen atoms in total. The van der Waals surface area contributed by atoms with Crippen LogP contribution in [0.25, 0.3) is 0 Å². The van der Waals surface area contributed by atoms with E-state index in [0.29, 0.717) is 0 Å². The van der Waals surface area contributed by atoms with Crippen LogP contribution in [0.15, 0.2) is 18.5 Å². The fourth-order valence-corrected chi connectivity index (χ4v) is 0.630. The minimum atomic E-state index is -0.530. The fraction of sp³-hybridized carbons (Fsp3) is 0.286. The van der Waals surface area contributed by atoms with Gasteiger partial charge in [0.05, 0.1) is 6.04 Å². The van der Waals surface area contributed by atoms with Crippen LogP contribution in [0.4, 0.5) is 0 Å². The van der Waals surface area contributed by atoms with Crippen molar-refractivity contribution in [2.75, 3.05) is 0 Å². The number of ketones is 1. The van der Waals surface area contributed by atoms with E-state index in [2.05, 4.69) is 9.97 Å². The molecule has 1 unspecified atom stereocenters. The first kappa shape index (κ1) is 7.81. The quantitative estimate of drug-likeness (QED) is 0.604. The van der Waals surface area contributed by atoms with Gasteiger partial charge in [0, 0.05) is 12.4 Å². The Bertz CT molecular complexity index is 245. The van der Waals surface area contributed by atoms with E-state index in [1.54, 1.807) is 13.0 Å². The molecule has 1 aromatic heterocycles. The SMILES string of the molecule is CC(N)C(=O)c1ncccn1. The summed E-state index contributed by atoms with van der Waals surface area (Å²) in [6, 6.07) is 1.12. The zero-order chi connectivity index (χ0) is 8.27. The van der Waals surface area contributed by atoms with Crippen molar-refractivity contribution in [1.82, 2.24) is 9.97 Å². The standard InChI is InChI=1S/C7H9N3O/c1-5(8)6(11)7-9-3-2-4-10-7/h2-5H,8H2,1H3. The summed E-state index contributed by atoms with van der Waals surface area (Å²) >= 11 is 0. The van der Waals surface area contributed by atoms with Gasteiger partial charge in [0.15, 0.2) is 5.82 Å². The number of Topliss-reactive ketones (excluding diaryl/α,β-unsaturated/α-hetero) is 1. The van der Waals surface area contributed by atoms with E-state index in [9.17, 15) is 4.79 Å². The first-order valence-corrected chi connectivity index (χ1v) is 3.28. The Morgan fingerprint density at radius 2 is 2.09 bits per heavy atom. The van der Waals surface area contributed by atoms with Crippen LogP contribution in [0.5, 0.6) is 0 Å². The summed E-state index contributed by atoms with van der Waals surface area (Å²) in [7, 11) is 0. The number of carbonyl (C=O) groups excluding carboxylic acids is 1. The molecule has 0 aliphatic carbocycles. The molecule has 0 saturated heterocycles. The molecule has 0 aliphatic heterocycles. The van der Waals surface area contributed by atoms with Crippen molar-refractivity contribution in [3.63, 3.8) is 0 Å². The molecule has 0 radical (unpaired) electrons. The maximum atomic E-state index is 11.1. The number of aromatic nitrogens is 2. The lowest BCUT2D eigenvalue weighted by atomic mass is 10.2. The third kappa shape index (κ3) is 1.81. The van der Waals surface area contributed by atoms with Gasteiger partial charge >= 0.3 is 0 Å². The molecule has 11 heavy (non-hydrogen) atoms. The van der Waals surface area contributed by atoms with E-state index in [4.69, 9.17) is 5.73 Å². The Kier molecular flexibility index (Phi) is 2.28. The van der Waals surface area contributed by atoms with Crippen LogP contribution in [0.1, 0.15) is 17.5 Å². The van der Waals surface area contributed by atoms with Gasteiger partial charge in [0.2, 0.25) is 5.78 Å². The molecule has 0 fully saturated rings. The van der Waals surface area contributed by atoms with Gasteiger partial charge in [-0.25, -0.2) is 9.97 Å². The van der Waals surface area contributed by atoms with Crippen LogP contribution in [-0.2, 0) is 0 Å². The Hall–Kier alpha value is -1.29. The summed E-state index contributed by atoms with van der Waals surface area (Å²) in [5.74, 6) is -0.0481. The monoisotopic (exact) mass is 151 g/mol. The lowest BCUT2D eigenvalue weighted by molar-refractivity contribution is 0.0957. The average Bonchev–Trinajstić information content (AvgIpc) is 2.05.